The molecule has 0 saturated carbocycles. The lowest BCUT2D eigenvalue weighted by Gasteiger charge is -2.01. The summed E-state index contributed by atoms with van der Waals surface area (Å²) in [6.07, 6.45) is 1.57. The number of rotatable bonds is 5. The number of hydrogen-bond acceptors (Lipinski definition) is 6. The molecule has 0 aliphatic rings. The Morgan fingerprint density at radius 1 is 1.53 bits per heavy atom. The van der Waals surface area contributed by atoms with Crippen LogP contribution < -0.4 is 11.1 Å². The van der Waals surface area contributed by atoms with E-state index in [9.17, 15) is 4.79 Å². The first-order valence-corrected chi connectivity index (χ1v) is 5.92. The smallest absolute Gasteiger partial charge is 0.273 e. The summed E-state index contributed by atoms with van der Waals surface area (Å²) in [6.45, 7) is 4.96. The highest BCUT2D eigenvalue weighted by Crippen LogP contribution is 2.11. The highest BCUT2D eigenvalue weighted by Gasteiger charge is 2.13. The molecule has 8 nitrogen and oxygen atoms in total. The van der Waals surface area contributed by atoms with Gasteiger partial charge in [0.1, 0.15) is 5.76 Å². The van der Waals surface area contributed by atoms with E-state index in [1.807, 2.05) is 6.92 Å². The molecule has 0 saturated heterocycles. The molecular weight excluding hydrogens is 248 g/mol. The molecule has 2 aromatic rings. The van der Waals surface area contributed by atoms with Crippen LogP contribution in [-0.4, -0.2) is 32.6 Å². The van der Waals surface area contributed by atoms with Gasteiger partial charge in [0.2, 0.25) is 0 Å². The molecule has 19 heavy (non-hydrogen) atoms. The van der Waals surface area contributed by atoms with E-state index in [1.54, 1.807) is 13.1 Å². The van der Waals surface area contributed by atoms with Crippen molar-refractivity contribution in [1.82, 2.24) is 25.5 Å². The Bertz CT molecular complexity index is 554. The molecule has 0 aliphatic heterocycles. The molecule has 102 valence electrons. The van der Waals surface area contributed by atoms with Crippen molar-refractivity contribution in [3.05, 3.63) is 28.9 Å². The third-order valence-electron chi connectivity index (χ3n) is 2.74. The van der Waals surface area contributed by atoms with Gasteiger partial charge >= 0.3 is 0 Å². The first kappa shape index (κ1) is 13.2. The largest absolute Gasteiger partial charge is 0.361 e. The summed E-state index contributed by atoms with van der Waals surface area (Å²) < 4.78 is 6.55. The van der Waals surface area contributed by atoms with E-state index in [-0.39, 0.29) is 11.6 Å². The van der Waals surface area contributed by atoms with Crippen LogP contribution >= 0.6 is 0 Å². The first-order chi connectivity index (χ1) is 9.11. The number of nitrogens with zero attached hydrogens (tertiary/aromatic N) is 4. The zero-order valence-electron chi connectivity index (χ0n) is 10.9. The Kier molecular flexibility index (Phi) is 3.91. The normalized spacial score (nSPS) is 10.7. The van der Waals surface area contributed by atoms with Crippen LogP contribution in [0.25, 0.3) is 0 Å². The second-order valence-corrected chi connectivity index (χ2v) is 4.14. The molecule has 8 heteroatoms. The monoisotopic (exact) mass is 264 g/mol. The van der Waals surface area contributed by atoms with Gasteiger partial charge in [-0.15, -0.1) is 5.10 Å². The van der Waals surface area contributed by atoms with E-state index in [1.165, 1.54) is 4.68 Å². The maximum atomic E-state index is 11.9. The zero-order chi connectivity index (χ0) is 13.8. The summed E-state index contributed by atoms with van der Waals surface area (Å²) in [6, 6.07) is 0. The Hall–Kier alpha value is -2.22. The van der Waals surface area contributed by atoms with Gasteiger partial charge < -0.3 is 15.6 Å². The molecule has 0 aromatic carbocycles. The third-order valence-corrected chi connectivity index (χ3v) is 2.74. The van der Waals surface area contributed by atoms with Crippen LogP contribution in [-0.2, 0) is 13.1 Å². The SMILES string of the molecule is Cc1noc(C)c1CNC(=O)c1cn(CCN)nn1. The molecule has 1 amide bonds. The average Bonchev–Trinajstić information content (AvgIpc) is 2.96. The molecule has 2 aromatic heterocycles. The molecule has 3 N–H and O–H groups in total. The third kappa shape index (κ3) is 2.97. The quantitative estimate of drug-likeness (QED) is 0.771. The minimum absolute atomic E-state index is 0.264. The van der Waals surface area contributed by atoms with Gasteiger partial charge in [0.25, 0.3) is 5.91 Å². The van der Waals surface area contributed by atoms with Crippen molar-refractivity contribution in [2.75, 3.05) is 6.54 Å². The fraction of sp³-hybridized carbons (Fsp3) is 0.455. The minimum Gasteiger partial charge on any atom is -0.361 e. The fourth-order valence-electron chi connectivity index (χ4n) is 1.66. The molecule has 0 aliphatic carbocycles. The minimum atomic E-state index is -0.289. The van der Waals surface area contributed by atoms with E-state index >= 15 is 0 Å². The number of nitrogens with one attached hydrogen (secondary N) is 1. The number of aromatic nitrogens is 4. The Morgan fingerprint density at radius 2 is 2.32 bits per heavy atom. The van der Waals surface area contributed by atoms with Crippen molar-refractivity contribution in [2.45, 2.75) is 26.9 Å². The molecule has 2 heterocycles. The van der Waals surface area contributed by atoms with Gasteiger partial charge in [-0.1, -0.05) is 10.4 Å². The van der Waals surface area contributed by atoms with Crippen molar-refractivity contribution in [2.24, 2.45) is 5.73 Å². The average molecular weight is 264 g/mol. The fourth-order valence-corrected chi connectivity index (χ4v) is 1.66. The predicted octanol–water partition coefficient (Wildman–Crippen LogP) is -0.228. The Morgan fingerprint density at radius 3 is 2.95 bits per heavy atom. The van der Waals surface area contributed by atoms with Crippen LogP contribution in [0.15, 0.2) is 10.7 Å². The molecule has 0 atom stereocenters. The van der Waals surface area contributed by atoms with Gasteiger partial charge in [-0.25, -0.2) is 0 Å². The molecular formula is C11H16N6O2. The summed E-state index contributed by atoms with van der Waals surface area (Å²) in [4.78, 5) is 11.9. The van der Waals surface area contributed by atoms with Crippen molar-refractivity contribution < 1.29 is 9.32 Å². The van der Waals surface area contributed by atoms with Gasteiger partial charge in [-0.2, -0.15) is 0 Å². The van der Waals surface area contributed by atoms with Crippen LogP contribution in [0.1, 0.15) is 27.5 Å². The number of hydrogen-bond donors (Lipinski definition) is 2. The lowest BCUT2D eigenvalue weighted by atomic mass is 10.2. The second kappa shape index (κ2) is 5.61. The van der Waals surface area contributed by atoms with Crippen LogP contribution in [0.5, 0.6) is 0 Å². The van der Waals surface area contributed by atoms with Crippen molar-refractivity contribution >= 4 is 5.91 Å². The summed E-state index contributed by atoms with van der Waals surface area (Å²) >= 11 is 0. The highest BCUT2D eigenvalue weighted by atomic mass is 16.5. The van der Waals surface area contributed by atoms with Crippen molar-refractivity contribution in [3.63, 3.8) is 0 Å². The van der Waals surface area contributed by atoms with E-state index in [2.05, 4.69) is 20.8 Å². The van der Waals surface area contributed by atoms with E-state index in [4.69, 9.17) is 10.3 Å². The lowest BCUT2D eigenvalue weighted by Crippen LogP contribution is -2.23. The number of aryl methyl sites for hydroxylation is 2. The molecule has 0 radical (unpaired) electrons. The topological polar surface area (TPSA) is 112 Å². The zero-order valence-corrected chi connectivity index (χ0v) is 10.9. The molecule has 0 spiro atoms. The van der Waals surface area contributed by atoms with Crippen LogP contribution in [0.4, 0.5) is 0 Å². The van der Waals surface area contributed by atoms with Crippen molar-refractivity contribution in [1.29, 1.82) is 0 Å². The van der Waals surface area contributed by atoms with Gasteiger partial charge in [0, 0.05) is 18.7 Å². The van der Waals surface area contributed by atoms with Crippen LogP contribution in [0.3, 0.4) is 0 Å². The number of nitrogens with two attached hydrogens (primary N) is 1. The first-order valence-electron chi connectivity index (χ1n) is 5.92. The van der Waals surface area contributed by atoms with Crippen LogP contribution in [0.2, 0.25) is 0 Å². The van der Waals surface area contributed by atoms with Gasteiger partial charge in [-0.3, -0.25) is 9.48 Å². The predicted molar refractivity (Wildman–Crippen MR) is 66.2 cm³/mol. The lowest BCUT2D eigenvalue weighted by molar-refractivity contribution is 0.0945. The molecule has 2 rings (SSSR count). The number of carbonyl (C=O) groups excluding carboxylic acids is 1. The Labute approximate surface area is 109 Å². The van der Waals surface area contributed by atoms with Crippen molar-refractivity contribution in [3.8, 4) is 0 Å². The summed E-state index contributed by atoms with van der Waals surface area (Å²) in [5.41, 5.74) is 7.31. The molecule has 0 bridgehead atoms. The molecule has 0 fully saturated rings. The van der Waals surface area contributed by atoms with Gasteiger partial charge in [0.05, 0.1) is 18.4 Å². The van der Waals surface area contributed by atoms with Gasteiger partial charge in [-0.05, 0) is 13.8 Å². The maximum Gasteiger partial charge on any atom is 0.273 e. The van der Waals surface area contributed by atoms with Crippen LogP contribution in [0, 0.1) is 13.8 Å². The van der Waals surface area contributed by atoms with Gasteiger partial charge in [0.15, 0.2) is 5.69 Å². The number of carbonyl (C=O) groups is 1. The highest BCUT2D eigenvalue weighted by molar-refractivity contribution is 5.91. The Balaban J connectivity index is 1.97. The number of amides is 1. The molecule has 0 unspecified atom stereocenters. The summed E-state index contributed by atoms with van der Waals surface area (Å²) in [5, 5.41) is 14.2. The maximum absolute atomic E-state index is 11.9. The van der Waals surface area contributed by atoms with E-state index in [0.29, 0.717) is 25.4 Å². The standard InChI is InChI=1S/C11H16N6O2/c1-7-9(8(2)19-15-7)5-13-11(18)10-6-17(4-3-12)16-14-10/h6H,3-5,12H2,1-2H3,(H,13,18). The summed E-state index contributed by atoms with van der Waals surface area (Å²) in [5.74, 6) is 0.410. The second-order valence-electron chi connectivity index (χ2n) is 4.14. The summed E-state index contributed by atoms with van der Waals surface area (Å²) in [7, 11) is 0. The van der Waals surface area contributed by atoms with E-state index in [0.717, 1.165) is 11.3 Å². The van der Waals surface area contributed by atoms with E-state index < -0.39 is 0 Å².